The standard InChI is InChI=1S/C15H18N4O3/c1-16-13(20)3-2-6-22-11-4-5-12-10(7-11)8-19-9-14(21)18-15(19)17-12/h4-5,7H,2-3,6,8-9H2,1H3,(H,16,20)(H,17,18,21). The van der Waals surface area contributed by atoms with E-state index < -0.39 is 0 Å². The van der Waals surface area contributed by atoms with Gasteiger partial charge in [-0.2, -0.15) is 0 Å². The van der Waals surface area contributed by atoms with E-state index in [1.807, 2.05) is 23.1 Å². The van der Waals surface area contributed by atoms with Gasteiger partial charge in [0, 0.05) is 25.6 Å². The van der Waals surface area contributed by atoms with Gasteiger partial charge >= 0.3 is 0 Å². The number of guanidine groups is 1. The fraction of sp³-hybridized carbons (Fsp3) is 0.400. The highest BCUT2D eigenvalue weighted by molar-refractivity contribution is 6.05. The van der Waals surface area contributed by atoms with Crippen LogP contribution in [0.3, 0.4) is 0 Å². The number of rotatable bonds is 5. The van der Waals surface area contributed by atoms with Crippen molar-refractivity contribution >= 4 is 23.5 Å². The van der Waals surface area contributed by atoms with Gasteiger partial charge in [-0.15, -0.1) is 0 Å². The second-order valence-electron chi connectivity index (χ2n) is 5.26. The van der Waals surface area contributed by atoms with E-state index in [1.54, 1.807) is 7.05 Å². The molecule has 1 aromatic rings. The second-order valence-corrected chi connectivity index (χ2v) is 5.26. The minimum Gasteiger partial charge on any atom is -0.494 e. The van der Waals surface area contributed by atoms with Crippen LogP contribution in [0.15, 0.2) is 23.2 Å². The number of carbonyl (C=O) groups excluding carboxylic acids is 2. The Hall–Kier alpha value is -2.57. The van der Waals surface area contributed by atoms with E-state index in [0.29, 0.717) is 38.5 Å². The summed E-state index contributed by atoms with van der Waals surface area (Å²) in [4.78, 5) is 28.9. The van der Waals surface area contributed by atoms with Gasteiger partial charge in [-0.25, -0.2) is 4.99 Å². The van der Waals surface area contributed by atoms with Gasteiger partial charge in [0.15, 0.2) is 0 Å². The molecule has 2 N–H and O–H groups in total. The number of amides is 2. The summed E-state index contributed by atoms with van der Waals surface area (Å²) >= 11 is 0. The van der Waals surface area contributed by atoms with Crippen LogP contribution in [0, 0.1) is 0 Å². The Balaban J connectivity index is 1.60. The molecule has 2 amide bonds. The lowest BCUT2D eigenvalue weighted by atomic mass is 10.1. The van der Waals surface area contributed by atoms with Crippen LogP contribution < -0.4 is 15.4 Å². The molecule has 0 bridgehead atoms. The summed E-state index contributed by atoms with van der Waals surface area (Å²) < 4.78 is 5.67. The lowest BCUT2D eigenvalue weighted by molar-refractivity contribution is -0.121. The molecule has 22 heavy (non-hydrogen) atoms. The Morgan fingerprint density at radius 2 is 2.32 bits per heavy atom. The highest BCUT2D eigenvalue weighted by Crippen LogP contribution is 2.30. The van der Waals surface area contributed by atoms with Gasteiger partial charge in [0.25, 0.3) is 0 Å². The molecule has 0 aromatic heterocycles. The van der Waals surface area contributed by atoms with Crippen LogP contribution in [0.25, 0.3) is 0 Å². The summed E-state index contributed by atoms with van der Waals surface area (Å²) in [5.41, 5.74) is 1.88. The van der Waals surface area contributed by atoms with Crippen molar-refractivity contribution in [3.8, 4) is 5.75 Å². The molecule has 116 valence electrons. The first-order chi connectivity index (χ1) is 10.7. The van der Waals surface area contributed by atoms with Gasteiger partial charge in [-0.05, 0) is 24.6 Å². The van der Waals surface area contributed by atoms with Gasteiger partial charge in [0.1, 0.15) is 12.3 Å². The van der Waals surface area contributed by atoms with Crippen LogP contribution >= 0.6 is 0 Å². The molecule has 2 heterocycles. The molecule has 7 heteroatoms. The first-order valence-electron chi connectivity index (χ1n) is 7.25. The fourth-order valence-corrected chi connectivity index (χ4v) is 2.48. The number of nitrogens with one attached hydrogen (secondary N) is 2. The van der Waals surface area contributed by atoms with Crippen LogP contribution in [-0.2, 0) is 16.1 Å². The van der Waals surface area contributed by atoms with Crippen molar-refractivity contribution in [3.05, 3.63) is 23.8 Å². The lowest BCUT2D eigenvalue weighted by Gasteiger charge is -2.23. The van der Waals surface area contributed by atoms with Crippen molar-refractivity contribution in [1.82, 2.24) is 15.5 Å². The first-order valence-corrected chi connectivity index (χ1v) is 7.25. The quantitative estimate of drug-likeness (QED) is 0.777. The largest absolute Gasteiger partial charge is 0.494 e. The molecular formula is C15H18N4O3. The molecule has 2 aliphatic heterocycles. The van der Waals surface area contributed by atoms with Crippen LogP contribution in [0.2, 0.25) is 0 Å². The number of fused-ring (bicyclic) bond motifs is 2. The number of benzene rings is 1. The summed E-state index contributed by atoms with van der Waals surface area (Å²) in [6.45, 7) is 1.47. The van der Waals surface area contributed by atoms with Gasteiger partial charge in [0.05, 0.1) is 12.3 Å². The first kappa shape index (κ1) is 14.4. The summed E-state index contributed by atoms with van der Waals surface area (Å²) in [5, 5.41) is 5.32. The van der Waals surface area contributed by atoms with E-state index in [9.17, 15) is 9.59 Å². The van der Waals surface area contributed by atoms with Gasteiger partial charge < -0.3 is 15.0 Å². The number of aliphatic imine (C=N–C) groups is 1. The Morgan fingerprint density at radius 1 is 1.45 bits per heavy atom. The zero-order valence-electron chi connectivity index (χ0n) is 12.4. The molecule has 2 aliphatic rings. The number of nitrogens with zero attached hydrogens (tertiary/aromatic N) is 2. The molecule has 0 atom stereocenters. The normalized spacial score (nSPS) is 15.6. The van der Waals surface area contributed by atoms with Crippen molar-refractivity contribution in [2.24, 2.45) is 4.99 Å². The van der Waals surface area contributed by atoms with Crippen molar-refractivity contribution in [2.75, 3.05) is 20.2 Å². The molecule has 0 saturated carbocycles. The Kier molecular flexibility index (Phi) is 3.95. The minimum atomic E-state index is -0.0303. The molecular weight excluding hydrogens is 284 g/mol. The van der Waals surface area contributed by atoms with Gasteiger partial charge in [-0.1, -0.05) is 0 Å². The van der Waals surface area contributed by atoms with E-state index in [4.69, 9.17) is 4.74 Å². The van der Waals surface area contributed by atoms with E-state index >= 15 is 0 Å². The average Bonchev–Trinajstić information content (AvgIpc) is 2.87. The van der Waals surface area contributed by atoms with E-state index in [1.165, 1.54) is 0 Å². The molecule has 3 rings (SSSR count). The second kappa shape index (κ2) is 6.05. The van der Waals surface area contributed by atoms with Crippen LogP contribution in [0.4, 0.5) is 5.69 Å². The highest BCUT2D eigenvalue weighted by Gasteiger charge is 2.29. The zero-order valence-corrected chi connectivity index (χ0v) is 12.4. The third-order valence-corrected chi connectivity index (χ3v) is 3.62. The molecule has 0 unspecified atom stereocenters. The van der Waals surface area contributed by atoms with Crippen molar-refractivity contribution in [2.45, 2.75) is 19.4 Å². The third-order valence-electron chi connectivity index (χ3n) is 3.62. The molecule has 1 aromatic carbocycles. The van der Waals surface area contributed by atoms with Crippen LogP contribution in [0.5, 0.6) is 5.75 Å². The molecule has 7 nitrogen and oxygen atoms in total. The van der Waals surface area contributed by atoms with E-state index in [0.717, 1.165) is 17.0 Å². The highest BCUT2D eigenvalue weighted by atomic mass is 16.5. The third kappa shape index (κ3) is 3.03. The number of ether oxygens (including phenoxy) is 1. The monoisotopic (exact) mass is 302 g/mol. The molecule has 0 radical (unpaired) electrons. The maximum atomic E-state index is 11.4. The number of carbonyl (C=O) groups is 2. The van der Waals surface area contributed by atoms with Crippen molar-refractivity contribution in [3.63, 3.8) is 0 Å². The van der Waals surface area contributed by atoms with Crippen LogP contribution in [-0.4, -0.2) is 42.9 Å². The molecule has 1 fully saturated rings. The average molecular weight is 302 g/mol. The SMILES string of the molecule is CNC(=O)CCCOc1ccc2c(c1)CN1CC(=O)NC1=N2. The zero-order chi connectivity index (χ0) is 15.5. The van der Waals surface area contributed by atoms with Gasteiger partial charge in [-0.3, -0.25) is 14.9 Å². The predicted octanol–water partition coefficient (Wildman–Crippen LogP) is 0.524. The van der Waals surface area contributed by atoms with Gasteiger partial charge in [0.2, 0.25) is 17.8 Å². The smallest absolute Gasteiger partial charge is 0.246 e. The minimum absolute atomic E-state index is 0.0158. The summed E-state index contributed by atoms with van der Waals surface area (Å²) in [5.74, 6) is 1.36. The molecule has 0 spiro atoms. The predicted molar refractivity (Wildman–Crippen MR) is 80.9 cm³/mol. The number of hydrogen-bond donors (Lipinski definition) is 2. The van der Waals surface area contributed by atoms with E-state index in [2.05, 4.69) is 15.6 Å². The Labute approximate surface area is 128 Å². The Bertz CT molecular complexity index is 642. The molecule has 0 aliphatic carbocycles. The molecule has 1 saturated heterocycles. The Morgan fingerprint density at radius 3 is 3.14 bits per heavy atom. The van der Waals surface area contributed by atoms with Crippen LogP contribution in [0.1, 0.15) is 18.4 Å². The summed E-state index contributed by atoms with van der Waals surface area (Å²) in [7, 11) is 1.62. The number of hydrogen-bond acceptors (Lipinski definition) is 5. The fourth-order valence-electron chi connectivity index (χ4n) is 2.48. The summed E-state index contributed by atoms with van der Waals surface area (Å²) in [6, 6.07) is 5.69. The van der Waals surface area contributed by atoms with Crippen molar-refractivity contribution in [1.29, 1.82) is 0 Å². The topological polar surface area (TPSA) is 83.0 Å². The lowest BCUT2D eigenvalue weighted by Crippen LogP contribution is -2.31. The maximum absolute atomic E-state index is 11.4. The summed E-state index contributed by atoms with van der Waals surface area (Å²) in [6.07, 6.45) is 1.13. The van der Waals surface area contributed by atoms with E-state index in [-0.39, 0.29) is 11.8 Å². The maximum Gasteiger partial charge on any atom is 0.246 e. The van der Waals surface area contributed by atoms with Crippen molar-refractivity contribution < 1.29 is 14.3 Å².